The molecule has 0 aliphatic heterocycles. The van der Waals surface area contributed by atoms with Crippen LogP contribution in [0.4, 0.5) is 4.39 Å². The molecule has 0 atom stereocenters. The van der Waals surface area contributed by atoms with E-state index in [9.17, 15) is 4.39 Å². The van der Waals surface area contributed by atoms with Crippen LogP contribution in [0.5, 0.6) is 0 Å². The van der Waals surface area contributed by atoms with Gasteiger partial charge in [-0.05, 0) is 60.4 Å². The summed E-state index contributed by atoms with van der Waals surface area (Å²) in [5.74, 6) is 6.17. The molecule has 0 nitrogen and oxygen atoms in total. The van der Waals surface area contributed by atoms with Crippen molar-refractivity contribution in [1.29, 1.82) is 0 Å². The summed E-state index contributed by atoms with van der Waals surface area (Å²) in [7, 11) is 0. The Morgan fingerprint density at radius 2 is 1.40 bits per heavy atom. The van der Waals surface area contributed by atoms with Gasteiger partial charge in [-0.25, -0.2) is 4.39 Å². The monoisotopic (exact) mass is 328 g/mol. The van der Waals surface area contributed by atoms with Crippen molar-refractivity contribution in [3.05, 3.63) is 94.8 Å². The Morgan fingerprint density at radius 1 is 0.800 bits per heavy atom. The zero-order chi connectivity index (χ0) is 17.6. The first-order valence-electron chi connectivity index (χ1n) is 8.63. The summed E-state index contributed by atoms with van der Waals surface area (Å²) >= 11 is 0. The highest BCUT2D eigenvalue weighted by Gasteiger charge is 2.04. The molecule has 25 heavy (non-hydrogen) atoms. The van der Waals surface area contributed by atoms with Gasteiger partial charge in [0.2, 0.25) is 0 Å². The van der Waals surface area contributed by atoms with E-state index in [0.717, 1.165) is 35.1 Å². The molecule has 0 aromatic heterocycles. The highest BCUT2D eigenvalue weighted by Crippen LogP contribution is 2.23. The highest BCUT2D eigenvalue weighted by molar-refractivity contribution is 5.65. The maximum absolute atomic E-state index is 14.1. The second-order valence-corrected chi connectivity index (χ2v) is 6.26. The van der Waals surface area contributed by atoms with E-state index in [1.54, 1.807) is 6.07 Å². The van der Waals surface area contributed by atoms with Gasteiger partial charge in [0.05, 0.1) is 0 Å². The molecule has 0 aliphatic carbocycles. The third-order valence-corrected chi connectivity index (χ3v) is 4.16. The lowest BCUT2D eigenvalue weighted by Crippen LogP contribution is -1.86. The summed E-state index contributed by atoms with van der Waals surface area (Å²) < 4.78 is 14.1. The van der Waals surface area contributed by atoms with Crippen LogP contribution in [0.2, 0.25) is 0 Å². The van der Waals surface area contributed by atoms with E-state index in [1.807, 2.05) is 43.3 Å². The van der Waals surface area contributed by atoms with Crippen molar-refractivity contribution >= 4 is 0 Å². The molecule has 0 fully saturated rings. The van der Waals surface area contributed by atoms with Gasteiger partial charge in [-0.3, -0.25) is 0 Å². The van der Waals surface area contributed by atoms with Crippen LogP contribution in [-0.2, 0) is 6.42 Å². The number of rotatable bonds is 3. The molecule has 0 radical (unpaired) electrons. The van der Waals surface area contributed by atoms with Crippen molar-refractivity contribution in [3.63, 3.8) is 0 Å². The molecule has 0 aliphatic rings. The minimum atomic E-state index is -0.189. The Kier molecular flexibility index (Phi) is 5.31. The molecule has 0 spiro atoms. The van der Waals surface area contributed by atoms with Crippen molar-refractivity contribution in [1.82, 2.24) is 0 Å². The van der Waals surface area contributed by atoms with Crippen LogP contribution in [0.15, 0.2) is 66.7 Å². The van der Waals surface area contributed by atoms with Crippen molar-refractivity contribution in [3.8, 4) is 23.0 Å². The molecule has 124 valence electrons. The molecule has 3 rings (SSSR count). The van der Waals surface area contributed by atoms with Gasteiger partial charge in [0, 0.05) is 16.7 Å². The van der Waals surface area contributed by atoms with E-state index in [0.29, 0.717) is 5.56 Å². The van der Waals surface area contributed by atoms with Gasteiger partial charge in [-0.15, -0.1) is 0 Å². The molecule has 1 heteroatoms. The zero-order valence-corrected chi connectivity index (χ0v) is 14.6. The van der Waals surface area contributed by atoms with Crippen LogP contribution in [0.3, 0.4) is 0 Å². The minimum absolute atomic E-state index is 0.189. The molecule has 0 saturated heterocycles. The lowest BCUT2D eigenvalue weighted by atomic mass is 10.0. The minimum Gasteiger partial charge on any atom is -0.206 e. The fourth-order valence-electron chi connectivity index (χ4n) is 2.78. The van der Waals surface area contributed by atoms with Gasteiger partial charge < -0.3 is 0 Å². The molecule has 0 amide bonds. The van der Waals surface area contributed by atoms with Gasteiger partial charge in [-0.1, -0.05) is 61.6 Å². The molecule has 3 aromatic carbocycles. The summed E-state index contributed by atoms with van der Waals surface area (Å²) in [5, 5.41) is 0. The second kappa shape index (κ2) is 7.81. The van der Waals surface area contributed by atoms with Crippen molar-refractivity contribution in [2.24, 2.45) is 0 Å². The van der Waals surface area contributed by atoms with Crippen molar-refractivity contribution in [2.75, 3.05) is 0 Å². The Labute approximate surface area is 149 Å². The largest absolute Gasteiger partial charge is 0.206 e. The average molecular weight is 328 g/mol. The van der Waals surface area contributed by atoms with Crippen molar-refractivity contribution in [2.45, 2.75) is 26.7 Å². The normalized spacial score (nSPS) is 10.2. The van der Waals surface area contributed by atoms with E-state index < -0.39 is 0 Å². The summed E-state index contributed by atoms with van der Waals surface area (Å²) in [4.78, 5) is 0. The number of halogens is 1. The van der Waals surface area contributed by atoms with Crippen molar-refractivity contribution < 1.29 is 4.39 Å². The number of hydrogen-bond donors (Lipinski definition) is 0. The van der Waals surface area contributed by atoms with Gasteiger partial charge in [0.15, 0.2) is 0 Å². The fraction of sp³-hybridized carbons (Fsp3) is 0.167. The average Bonchev–Trinajstić information content (AvgIpc) is 2.62. The van der Waals surface area contributed by atoms with Crippen LogP contribution in [-0.4, -0.2) is 0 Å². The van der Waals surface area contributed by atoms with Crippen LogP contribution in [0, 0.1) is 24.6 Å². The molecule has 0 heterocycles. The first kappa shape index (κ1) is 17.0. The molecular formula is C24H21F. The predicted octanol–water partition coefficient (Wildman–Crippen LogP) is 6.15. The Morgan fingerprint density at radius 3 is 1.96 bits per heavy atom. The van der Waals surface area contributed by atoms with Gasteiger partial charge in [0.25, 0.3) is 0 Å². The number of benzene rings is 3. The second-order valence-electron chi connectivity index (χ2n) is 6.26. The standard InChI is InChI=1S/C24H21F/c1-3-4-19-6-8-20(9-7-19)10-11-21-12-14-22(15-13-21)23-16-5-18(2)17-24(23)25/h5-9,12-17H,3-4H2,1-2H3. The molecule has 0 unspecified atom stereocenters. The van der Waals surface area contributed by atoms with E-state index in [2.05, 4.69) is 43.0 Å². The van der Waals surface area contributed by atoms with E-state index in [4.69, 9.17) is 0 Å². The number of aryl methyl sites for hydroxylation is 2. The maximum Gasteiger partial charge on any atom is 0.131 e. The Bertz CT molecular complexity index is 907. The SMILES string of the molecule is CCCc1ccc(C#Cc2ccc(-c3ccc(C)cc3F)cc2)cc1. The molecule has 0 bridgehead atoms. The zero-order valence-electron chi connectivity index (χ0n) is 14.6. The lowest BCUT2D eigenvalue weighted by molar-refractivity contribution is 0.630. The fourth-order valence-corrected chi connectivity index (χ4v) is 2.78. The van der Waals surface area contributed by atoms with E-state index in [1.165, 1.54) is 5.56 Å². The summed E-state index contributed by atoms with van der Waals surface area (Å²) in [6.07, 6.45) is 2.25. The molecular weight excluding hydrogens is 307 g/mol. The Balaban J connectivity index is 1.77. The van der Waals surface area contributed by atoms with Crippen LogP contribution in [0.25, 0.3) is 11.1 Å². The van der Waals surface area contributed by atoms with Crippen LogP contribution < -0.4 is 0 Å². The summed E-state index contributed by atoms with van der Waals surface area (Å²) in [5.41, 5.74) is 5.69. The summed E-state index contributed by atoms with van der Waals surface area (Å²) in [6, 6.07) is 21.4. The lowest BCUT2D eigenvalue weighted by Gasteiger charge is -2.04. The third-order valence-electron chi connectivity index (χ3n) is 4.16. The quantitative estimate of drug-likeness (QED) is 0.506. The third kappa shape index (κ3) is 4.37. The summed E-state index contributed by atoms with van der Waals surface area (Å²) in [6.45, 7) is 4.07. The first-order chi connectivity index (χ1) is 12.2. The van der Waals surface area contributed by atoms with Crippen LogP contribution >= 0.6 is 0 Å². The van der Waals surface area contributed by atoms with E-state index in [-0.39, 0.29) is 5.82 Å². The highest BCUT2D eigenvalue weighted by atomic mass is 19.1. The van der Waals surface area contributed by atoms with Gasteiger partial charge >= 0.3 is 0 Å². The molecule has 0 saturated carbocycles. The smallest absolute Gasteiger partial charge is 0.131 e. The molecule has 3 aromatic rings. The number of hydrogen-bond acceptors (Lipinski definition) is 0. The van der Waals surface area contributed by atoms with Crippen LogP contribution in [0.1, 0.15) is 35.6 Å². The van der Waals surface area contributed by atoms with E-state index >= 15 is 0 Å². The first-order valence-corrected chi connectivity index (χ1v) is 8.63. The van der Waals surface area contributed by atoms with Gasteiger partial charge in [-0.2, -0.15) is 0 Å². The topological polar surface area (TPSA) is 0 Å². The maximum atomic E-state index is 14.1. The molecule has 0 N–H and O–H groups in total. The predicted molar refractivity (Wildman–Crippen MR) is 103 cm³/mol. The Hall–Kier alpha value is -2.85. The van der Waals surface area contributed by atoms with Gasteiger partial charge in [0.1, 0.15) is 5.82 Å².